The Morgan fingerprint density at radius 3 is 1.10 bits per heavy atom. The molecular weight excluding hydrogens is 721 g/mol. The van der Waals surface area contributed by atoms with Crippen LogP contribution in [-0.2, 0) is 0 Å². The van der Waals surface area contributed by atoms with E-state index in [1.807, 2.05) is 0 Å². The average molecular weight is 759 g/mol. The van der Waals surface area contributed by atoms with Gasteiger partial charge in [-0.2, -0.15) is 0 Å². The minimum atomic E-state index is 1.20. The van der Waals surface area contributed by atoms with Crippen LogP contribution >= 0.6 is 0 Å². The molecule has 0 radical (unpaired) electrons. The van der Waals surface area contributed by atoms with E-state index in [-0.39, 0.29) is 0 Å². The molecule has 278 valence electrons. The van der Waals surface area contributed by atoms with Gasteiger partial charge < -0.3 is 0 Å². The van der Waals surface area contributed by atoms with Crippen molar-refractivity contribution in [1.29, 1.82) is 0 Å². The maximum atomic E-state index is 2.42. The van der Waals surface area contributed by atoms with Crippen molar-refractivity contribution in [2.75, 3.05) is 0 Å². The smallest absolute Gasteiger partial charge is 0.00201 e. The number of hydrogen-bond acceptors (Lipinski definition) is 0. The lowest BCUT2D eigenvalue weighted by molar-refractivity contribution is 1.62. The molecule has 0 bridgehead atoms. The summed E-state index contributed by atoms with van der Waals surface area (Å²) in [5.41, 5.74) is 12.4. The second kappa shape index (κ2) is 13.9. The van der Waals surface area contributed by atoms with E-state index in [2.05, 4.69) is 231 Å². The largest absolute Gasteiger partial charge is 0.0616 e. The molecule has 0 aliphatic carbocycles. The molecule has 0 nitrogen and oxygen atoms in total. The lowest BCUT2D eigenvalue weighted by atomic mass is 9.83. The minimum Gasteiger partial charge on any atom is -0.0616 e. The minimum absolute atomic E-state index is 1.20. The van der Waals surface area contributed by atoms with E-state index in [9.17, 15) is 0 Å². The van der Waals surface area contributed by atoms with Gasteiger partial charge >= 0.3 is 0 Å². The third-order valence-corrected chi connectivity index (χ3v) is 12.7. The summed E-state index contributed by atoms with van der Waals surface area (Å²) in [7, 11) is 0. The Labute approximate surface area is 349 Å². The van der Waals surface area contributed by atoms with Gasteiger partial charge in [-0.3, -0.25) is 0 Å². The average Bonchev–Trinajstić information content (AvgIpc) is 3.32. The summed E-state index contributed by atoms with van der Waals surface area (Å²) >= 11 is 0. The first-order valence-electron chi connectivity index (χ1n) is 20.8. The third-order valence-electron chi connectivity index (χ3n) is 12.7. The van der Waals surface area contributed by atoms with Gasteiger partial charge in [-0.15, -0.1) is 0 Å². The van der Waals surface area contributed by atoms with Crippen LogP contribution in [0.5, 0.6) is 0 Å². The van der Waals surface area contributed by atoms with Gasteiger partial charge in [-0.25, -0.2) is 0 Å². The highest BCUT2D eigenvalue weighted by atomic mass is 14.2. The molecule has 0 saturated carbocycles. The SMILES string of the molecule is c1cc(-c2c3ccccc3c(-c3cccc4ccccc34)c3ccccc23)cc(-c2ccc(-c3cccc4ccccc34)c3c(-c4cccc5ccccc45)cccc23)c1. The topological polar surface area (TPSA) is 0 Å². The quantitative estimate of drug-likeness (QED) is 0.153. The van der Waals surface area contributed by atoms with Gasteiger partial charge in [0.25, 0.3) is 0 Å². The van der Waals surface area contributed by atoms with Gasteiger partial charge in [0.15, 0.2) is 0 Å². The normalized spacial score (nSPS) is 11.7. The fraction of sp³-hybridized carbons (Fsp3) is 0. The van der Waals surface area contributed by atoms with E-state index in [0.717, 1.165) is 0 Å². The van der Waals surface area contributed by atoms with Crippen molar-refractivity contribution < 1.29 is 0 Å². The van der Waals surface area contributed by atoms with Crippen LogP contribution in [0, 0.1) is 0 Å². The van der Waals surface area contributed by atoms with Crippen LogP contribution in [-0.4, -0.2) is 0 Å². The first-order valence-corrected chi connectivity index (χ1v) is 20.8. The van der Waals surface area contributed by atoms with Crippen LogP contribution in [0.2, 0.25) is 0 Å². The molecule has 60 heavy (non-hydrogen) atoms. The molecule has 0 amide bonds. The molecule has 0 N–H and O–H groups in total. The van der Waals surface area contributed by atoms with E-state index in [1.54, 1.807) is 0 Å². The van der Waals surface area contributed by atoms with E-state index >= 15 is 0 Å². The summed E-state index contributed by atoms with van der Waals surface area (Å²) in [6.45, 7) is 0. The lowest BCUT2D eigenvalue weighted by Gasteiger charge is -2.20. The second-order valence-electron chi connectivity index (χ2n) is 15.9. The molecule has 0 saturated heterocycles. The van der Waals surface area contributed by atoms with E-state index in [4.69, 9.17) is 0 Å². The first-order chi connectivity index (χ1) is 29.8. The van der Waals surface area contributed by atoms with Gasteiger partial charge in [0.2, 0.25) is 0 Å². The van der Waals surface area contributed by atoms with Gasteiger partial charge in [-0.05, 0) is 126 Å². The summed E-state index contributed by atoms with van der Waals surface area (Å²) < 4.78 is 0. The summed E-state index contributed by atoms with van der Waals surface area (Å²) in [6, 6.07) is 85.2. The molecule has 0 spiro atoms. The van der Waals surface area contributed by atoms with E-state index < -0.39 is 0 Å². The zero-order valence-electron chi connectivity index (χ0n) is 32.9. The maximum absolute atomic E-state index is 2.42. The first kappa shape index (κ1) is 34.3. The van der Waals surface area contributed by atoms with Crippen molar-refractivity contribution in [2.24, 2.45) is 0 Å². The fourth-order valence-corrected chi connectivity index (χ4v) is 10.0. The fourth-order valence-electron chi connectivity index (χ4n) is 10.0. The molecule has 0 heteroatoms. The number of benzene rings is 12. The summed E-state index contributed by atoms with van der Waals surface area (Å²) in [5, 5.41) is 15.1. The highest BCUT2D eigenvalue weighted by Crippen LogP contribution is 2.48. The van der Waals surface area contributed by atoms with Crippen LogP contribution in [0.4, 0.5) is 0 Å². The molecule has 0 heterocycles. The van der Waals surface area contributed by atoms with Gasteiger partial charge in [0.05, 0.1) is 0 Å². The number of hydrogen-bond donors (Lipinski definition) is 0. The van der Waals surface area contributed by atoms with Crippen molar-refractivity contribution in [3.05, 3.63) is 231 Å². The van der Waals surface area contributed by atoms with Crippen molar-refractivity contribution >= 4 is 64.6 Å². The van der Waals surface area contributed by atoms with Crippen molar-refractivity contribution in [3.63, 3.8) is 0 Å². The van der Waals surface area contributed by atoms with Crippen molar-refractivity contribution in [3.8, 4) is 55.6 Å². The van der Waals surface area contributed by atoms with Crippen LogP contribution in [0.15, 0.2) is 231 Å². The van der Waals surface area contributed by atoms with Crippen LogP contribution in [0.3, 0.4) is 0 Å². The molecule has 12 aromatic carbocycles. The second-order valence-corrected chi connectivity index (χ2v) is 15.9. The zero-order valence-corrected chi connectivity index (χ0v) is 32.9. The lowest BCUT2D eigenvalue weighted by Crippen LogP contribution is -1.93. The molecular formula is C60H38. The predicted molar refractivity (Wildman–Crippen MR) is 259 cm³/mol. The standard InChI is InChI=1S/C60H38/c1-4-24-44-39(16-1)19-12-31-48(44)52-35-15-34-51-47(36-37-57(59(51)52)49-32-13-20-40-17-2-5-25-45(40)49)42-22-11-23-43(38-42)58-53-27-7-9-29-55(53)60(56-30-10-8-28-54(56)58)50-33-14-21-41-18-3-6-26-46(41)50/h1-38H. The van der Waals surface area contributed by atoms with Crippen LogP contribution in [0.1, 0.15) is 0 Å². The van der Waals surface area contributed by atoms with Crippen LogP contribution < -0.4 is 0 Å². The highest BCUT2D eigenvalue weighted by Gasteiger charge is 2.20. The highest BCUT2D eigenvalue weighted by molar-refractivity contribution is 6.24. The van der Waals surface area contributed by atoms with Gasteiger partial charge in [0, 0.05) is 0 Å². The van der Waals surface area contributed by atoms with E-state index in [1.165, 1.54) is 120 Å². The Hall–Kier alpha value is -7.80. The van der Waals surface area contributed by atoms with Crippen LogP contribution in [0.25, 0.3) is 120 Å². The third kappa shape index (κ3) is 5.39. The van der Waals surface area contributed by atoms with E-state index in [0.29, 0.717) is 0 Å². The van der Waals surface area contributed by atoms with Crippen molar-refractivity contribution in [2.45, 2.75) is 0 Å². The maximum Gasteiger partial charge on any atom is -0.00201 e. The monoisotopic (exact) mass is 758 g/mol. The predicted octanol–water partition coefficient (Wildman–Crippen LogP) is 16.9. The molecule has 0 atom stereocenters. The summed E-state index contributed by atoms with van der Waals surface area (Å²) in [6.07, 6.45) is 0. The molecule has 12 rings (SSSR count). The van der Waals surface area contributed by atoms with Gasteiger partial charge in [-0.1, -0.05) is 224 Å². The Morgan fingerprint density at radius 1 is 0.183 bits per heavy atom. The Kier molecular flexibility index (Phi) is 7.96. The molecule has 12 aromatic rings. The Morgan fingerprint density at radius 2 is 0.533 bits per heavy atom. The summed E-state index contributed by atoms with van der Waals surface area (Å²) in [5.74, 6) is 0. The molecule has 0 aliphatic heterocycles. The molecule has 0 aliphatic rings. The molecule has 0 unspecified atom stereocenters. The number of fused-ring (bicyclic) bond motifs is 6. The Balaban J connectivity index is 1.12. The molecule has 0 fully saturated rings. The summed E-state index contributed by atoms with van der Waals surface area (Å²) in [4.78, 5) is 0. The van der Waals surface area contributed by atoms with Gasteiger partial charge in [0.1, 0.15) is 0 Å². The van der Waals surface area contributed by atoms with Crippen molar-refractivity contribution in [1.82, 2.24) is 0 Å². The molecule has 0 aromatic heterocycles. The number of rotatable bonds is 5. The zero-order chi connectivity index (χ0) is 39.6. The Bertz CT molecular complexity index is 3500.